The first-order chi connectivity index (χ1) is 34.2. The molecule has 0 unspecified atom stereocenters. The Morgan fingerprint density at radius 2 is 0.730 bits per heavy atom. The first-order valence-electron chi connectivity index (χ1n) is 26.6. The second kappa shape index (κ2) is 35.3. The van der Waals surface area contributed by atoms with Gasteiger partial charge >= 0.3 is 0 Å². The maximum atomic E-state index is 4.32. The Morgan fingerprint density at radius 1 is 0.311 bits per heavy atom. The van der Waals surface area contributed by atoms with E-state index in [-0.39, 0.29) is 7.43 Å². The van der Waals surface area contributed by atoms with Gasteiger partial charge in [0.2, 0.25) is 0 Å². The summed E-state index contributed by atoms with van der Waals surface area (Å²) in [5, 5.41) is 0. The second-order valence-electron chi connectivity index (χ2n) is 21.5. The summed E-state index contributed by atoms with van der Waals surface area (Å²) in [5.41, 5.74) is 21.9. The van der Waals surface area contributed by atoms with E-state index < -0.39 is 0 Å². The molecule has 7 heteroatoms. The molecule has 0 aromatic carbocycles. The minimum absolute atomic E-state index is 0. The first kappa shape index (κ1) is 68.0. The Balaban J connectivity index is 0.000000839. The summed E-state index contributed by atoms with van der Waals surface area (Å²) in [6, 6.07) is 18.9. The third kappa shape index (κ3) is 25.8. The molecule has 7 nitrogen and oxygen atoms in total. The highest BCUT2D eigenvalue weighted by Gasteiger charge is 2.07. The summed E-state index contributed by atoms with van der Waals surface area (Å²) in [7, 11) is 0. The van der Waals surface area contributed by atoms with Crippen LogP contribution in [0.15, 0.2) is 110 Å². The van der Waals surface area contributed by atoms with Gasteiger partial charge in [0.1, 0.15) is 0 Å². The predicted octanol–water partition coefficient (Wildman–Crippen LogP) is 19.2. The molecule has 0 radical (unpaired) electrons. The Morgan fingerprint density at radius 3 is 1.11 bits per heavy atom. The van der Waals surface area contributed by atoms with Crippen molar-refractivity contribution < 1.29 is 0 Å². The summed E-state index contributed by atoms with van der Waals surface area (Å²) in [6.07, 6.45) is 17.0. The van der Waals surface area contributed by atoms with Crippen LogP contribution in [0.1, 0.15) is 241 Å². The quantitative estimate of drug-likeness (QED) is 0.157. The van der Waals surface area contributed by atoms with Crippen molar-refractivity contribution in [3.63, 3.8) is 0 Å². The fraction of sp³-hybridized carbons (Fsp3) is 0.478. The van der Waals surface area contributed by atoms with Crippen LogP contribution in [0.4, 0.5) is 0 Å². The largest absolute Gasteiger partial charge is 0.265 e. The van der Waals surface area contributed by atoms with Crippen molar-refractivity contribution in [2.24, 2.45) is 0 Å². The van der Waals surface area contributed by atoms with Crippen molar-refractivity contribution in [3.05, 3.63) is 206 Å². The molecule has 7 rings (SSSR count). The third-order valence-electron chi connectivity index (χ3n) is 12.4. The van der Waals surface area contributed by atoms with Crippen LogP contribution in [0.3, 0.4) is 0 Å². The van der Waals surface area contributed by atoms with Gasteiger partial charge in [0.05, 0.1) is 0 Å². The minimum Gasteiger partial charge on any atom is -0.265 e. The van der Waals surface area contributed by atoms with Crippen LogP contribution in [-0.4, -0.2) is 34.9 Å². The van der Waals surface area contributed by atoms with E-state index in [1.165, 1.54) is 66.8 Å². The molecule has 0 aliphatic rings. The van der Waals surface area contributed by atoms with Crippen molar-refractivity contribution >= 4 is 0 Å². The van der Waals surface area contributed by atoms with Crippen LogP contribution in [0.25, 0.3) is 0 Å². The van der Waals surface area contributed by atoms with E-state index in [0.717, 1.165) is 28.5 Å². The van der Waals surface area contributed by atoms with Gasteiger partial charge in [0.25, 0.3) is 0 Å². The van der Waals surface area contributed by atoms with Crippen molar-refractivity contribution in [1.82, 2.24) is 34.9 Å². The fourth-order valence-electron chi connectivity index (χ4n) is 8.19. The van der Waals surface area contributed by atoms with Gasteiger partial charge in [0, 0.05) is 84.2 Å². The SMILES string of the molecule is C.CC(C)c1ccncc1.Cc1cc(C(C)C)c(C)cn1.Cc1cc(C(C)C)cc(C)n1.Cc1cc(C(C)C)ccn1.Cc1cncc(C)c1C(C)C.Cc1cnccc1C(C)C.Cc1nccc(C(C)C)c1C. The van der Waals surface area contributed by atoms with Crippen molar-refractivity contribution in [2.45, 2.75) is 215 Å². The van der Waals surface area contributed by atoms with Gasteiger partial charge in [-0.1, -0.05) is 104 Å². The number of hydrogen-bond acceptors (Lipinski definition) is 7. The zero-order chi connectivity index (χ0) is 55.5. The Kier molecular flexibility index (Phi) is 32.4. The number of aryl methyl sites for hydroxylation is 9. The highest BCUT2D eigenvalue weighted by Crippen LogP contribution is 2.23. The molecule has 0 saturated carbocycles. The number of hydrogen-bond donors (Lipinski definition) is 0. The summed E-state index contributed by atoms with van der Waals surface area (Å²) in [6.45, 7) is 51.6. The second-order valence-corrected chi connectivity index (χ2v) is 21.5. The Labute approximate surface area is 453 Å². The van der Waals surface area contributed by atoms with Gasteiger partial charge in [0.15, 0.2) is 0 Å². The monoisotopic (exact) mass is 1000 g/mol. The lowest BCUT2D eigenvalue weighted by Gasteiger charge is -2.11. The predicted molar refractivity (Wildman–Crippen MR) is 322 cm³/mol. The molecule has 7 aromatic heterocycles. The third-order valence-corrected chi connectivity index (χ3v) is 12.4. The van der Waals surface area contributed by atoms with Crippen LogP contribution in [0.5, 0.6) is 0 Å². The molecule has 0 saturated heterocycles. The molecule has 0 N–H and O–H groups in total. The molecular weight excluding hydrogens is 903 g/mol. The van der Waals surface area contributed by atoms with E-state index in [2.05, 4.69) is 216 Å². The van der Waals surface area contributed by atoms with Crippen LogP contribution >= 0.6 is 0 Å². The molecule has 0 atom stereocenters. The van der Waals surface area contributed by atoms with Gasteiger partial charge in [-0.15, -0.1) is 0 Å². The topological polar surface area (TPSA) is 90.2 Å². The first-order valence-corrected chi connectivity index (χ1v) is 26.6. The molecular formula is C67H101N7. The molecule has 0 aliphatic carbocycles. The lowest BCUT2D eigenvalue weighted by molar-refractivity contribution is 0.840. The fourth-order valence-corrected chi connectivity index (χ4v) is 8.19. The van der Waals surface area contributed by atoms with Crippen LogP contribution < -0.4 is 0 Å². The molecule has 0 aliphatic heterocycles. The van der Waals surface area contributed by atoms with Gasteiger partial charge in [-0.05, 0) is 232 Å². The summed E-state index contributed by atoms with van der Waals surface area (Å²) in [5.74, 6) is 4.28. The van der Waals surface area contributed by atoms with E-state index in [1.807, 2.05) is 95.6 Å². The zero-order valence-electron chi connectivity index (χ0n) is 50.1. The van der Waals surface area contributed by atoms with E-state index in [9.17, 15) is 0 Å². The van der Waals surface area contributed by atoms with Gasteiger partial charge in [-0.25, -0.2) is 0 Å². The standard InChI is InChI=1S/4C10H15N.2C9H13N.C8H11N.CH4/c1-7(2)10-5-9(4)11-6-8(10)3;1-7(2)10-8(3)5-11-6-9(10)4;1-7(2)10-5-8(3)11-9(4)6-10;1-7(2)10-5-6-11-9(4)8(10)3;1-7(2)9-4-5-10-6-8(9)3;1-7(2)9-4-5-10-8(3)6-9;1-7(2)8-3-5-9-6-4-8;/h4*5-7H,1-4H3;2*4-7H,1-3H3;3-7H,1-2H3;1H4. The minimum atomic E-state index is 0. The zero-order valence-corrected chi connectivity index (χ0v) is 50.1. The van der Waals surface area contributed by atoms with Crippen molar-refractivity contribution in [2.75, 3.05) is 0 Å². The molecule has 0 bridgehead atoms. The Bertz CT molecular complexity index is 2580. The molecule has 7 heterocycles. The van der Waals surface area contributed by atoms with Crippen molar-refractivity contribution in [1.29, 1.82) is 0 Å². The summed E-state index contributed by atoms with van der Waals surface area (Å²) in [4.78, 5) is 29.0. The van der Waals surface area contributed by atoms with Crippen molar-refractivity contribution in [3.8, 4) is 0 Å². The smallest absolute Gasteiger partial charge is 0.0404 e. The van der Waals surface area contributed by atoms with E-state index in [0.29, 0.717) is 41.4 Å². The highest BCUT2D eigenvalue weighted by atomic mass is 14.7. The van der Waals surface area contributed by atoms with E-state index in [4.69, 9.17) is 0 Å². The normalized spacial score (nSPS) is 10.4. The van der Waals surface area contributed by atoms with Crippen LogP contribution in [-0.2, 0) is 0 Å². The van der Waals surface area contributed by atoms with E-state index in [1.54, 1.807) is 0 Å². The molecule has 0 spiro atoms. The summed E-state index contributed by atoms with van der Waals surface area (Å²) < 4.78 is 0. The number of pyridine rings is 7. The molecule has 7 aromatic rings. The average molecular weight is 1000 g/mol. The lowest BCUT2D eigenvalue weighted by atomic mass is 9.96. The van der Waals surface area contributed by atoms with Crippen LogP contribution in [0, 0.1) is 69.2 Å². The average Bonchev–Trinajstić information content (AvgIpc) is 3.31. The summed E-state index contributed by atoms with van der Waals surface area (Å²) >= 11 is 0. The van der Waals surface area contributed by atoms with Crippen LogP contribution in [0.2, 0.25) is 0 Å². The number of aromatic nitrogens is 7. The molecule has 404 valence electrons. The highest BCUT2D eigenvalue weighted by molar-refractivity contribution is 5.33. The number of nitrogens with zero attached hydrogens (tertiary/aromatic N) is 7. The van der Waals surface area contributed by atoms with E-state index >= 15 is 0 Å². The maximum absolute atomic E-state index is 4.32. The molecule has 0 amide bonds. The molecule has 74 heavy (non-hydrogen) atoms. The molecule has 0 fully saturated rings. The number of rotatable bonds is 7. The van der Waals surface area contributed by atoms with Gasteiger partial charge < -0.3 is 0 Å². The van der Waals surface area contributed by atoms with Gasteiger partial charge in [-0.3, -0.25) is 34.9 Å². The van der Waals surface area contributed by atoms with Gasteiger partial charge in [-0.2, -0.15) is 0 Å². The lowest BCUT2D eigenvalue weighted by Crippen LogP contribution is -1.96. The Hall–Kier alpha value is -5.95. The maximum Gasteiger partial charge on any atom is 0.0404 e.